The molecule has 4 aliphatic rings. The summed E-state index contributed by atoms with van der Waals surface area (Å²) < 4.78 is 1.48. The SMILES string of the molecule is O=c1[nH]c2nc[nH]c2c(=O)n1C1C2CC3CC(C2)C1C3. The van der Waals surface area contributed by atoms with E-state index in [1.807, 2.05) is 0 Å². The Kier molecular flexibility index (Phi) is 1.86. The van der Waals surface area contributed by atoms with Gasteiger partial charge in [0, 0.05) is 6.04 Å². The lowest BCUT2D eigenvalue weighted by molar-refractivity contribution is 0.192. The maximum Gasteiger partial charge on any atom is 0.330 e. The predicted octanol–water partition coefficient (Wildman–Crippen LogP) is 1.02. The van der Waals surface area contributed by atoms with Crippen LogP contribution >= 0.6 is 0 Å². The fourth-order valence-electron chi connectivity index (χ4n) is 5.30. The van der Waals surface area contributed by atoms with Crippen molar-refractivity contribution in [3.63, 3.8) is 0 Å². The summed E-state index contributed by atoms with van der Waals surface area (Å²) >= 11 is 0. The van der Waals surface area contributed by atoms with Crippen molar-refractivity contribution in [2.24, 2.45) is 23.7 Å². The Balaban J connectivity index is 1.75. The largest absolute Gasteiger partial charge is 0.339 e. The van der Waals surface area contributed by atoms with Crippen molar-refractivity contribution in [2.75, 3.05) is 0 Å². The van der Waals surface area contributed by atoms with Gasteiger partial charge in [-0.1, -0.05) is 0 Å². The summed E-state index contributed by atoms with van der Waals surface area (Å²) in [5.74, 6) is 2.60. The minimum atomic E-state index is -0.296. The van der Waals surface area contributed by atoms with Crippen LogP contribution in [0.5, 0.6) is 0 Å². The van der Waals surface area contributed by atoms with E-state index in [0.29, 0.717) is 23.0 Å². The molecule has 2 aromatic heterocycles. The Morgan fingerprint density at radius 3 is 2.85 bits per heavy atom. The van der Waals surface area contributed by atoms with Crippen LogP contribution in [0.2, 0.25) is 0 Å². The Labute approximate surface area is 114 Å². The molecule has 20 heavy (non-hydrogen) atoms. The highest BCUT2D eigenvalue weighted by atomic mass is 16.2. The molecule has 5 unspecified atom stereocenters. The molecule has 6 rings (SSSR count). The van der Waals surface area contributed by atoms with Gasteiger partial charge in [-0.05, 0) is 49.4 Å². The predicted molar refractivity (Wildman–Crippen MR) is 72.4 cm³/mol. The van der Waals surface area contributed by atoms with Crippen molar-refractivity contribution in [3.8, 4) is 0 Å². The number of fused-ring (bicyclic) bond motifs is 1. The van der Waals surface area contributed by atoms with E-state index in [1.54, 1.807) is 0 Å². The number of nitrogens with zero attached hydrogens (tertiary/aromatic N) is 2. The van der Waals surface area contributed by atoms with Gasteiger partial charge in [0.05, 0.1) is 6.33 Å². The monoisotopic (exact) mass is 272 g/mol. The number of aromatic nitrogens is 4. The van der Waals surface area contributed by atoms with Gasteiger partial charge in [-0.15, -0.1) is 0 Å². The lowest BCUT2D eigenvalue weighted by atomic mass is 9.79. The van der Waals surface area contributed by atoms with Gasteiger partial charge in [0.2, 0.25) is 0 Å². The Morgan fingerprint density at radius 2 is 2.00 bits per heavy atom. The zero-order chi connectivity index (χ0) is 13.4. The van der Waals surface area contributed by atoms with Crippen LogP contribution in [-0.2, 0) is 0 Å². The smallest absolute Gasteiger partial charge is 0.330 e. The second-order valence-electron chi connectivity index (χ2n) is 6.71. The first-order valence-electron chi connectivity index (χ1n) is 7.40. The van der Waals surface area contributed by atoms with E-state index in [4.69, 9.17) is 0 Å². The molecule has 0 aromatic carbocycles. The zero-order valence-electron chi connectivity index (χ0n) is 11.0. The lowest BCUT2D eigenvalue weighted by Gasteiger charge is -2.32. The third-order valence-corrected chi connectivity index (χ3v) is 5.82. The van der Waals surface area contributed by atoms with Gasteiger partial charge in [0.1, 0.15) is 5.52 Å². The Bertz CT molecular complexity index is 812. The number of hydrogen-bond acceptors (Lipinski definition) is 3. The van der Waals surface area contributed by atoms with E-state index in [9.17, 15) is 9.59 Å². The summed E-state index contributed by atoms with van der Waals surface area (Å²) in [5.41, 5.74) is 0.281. The summed E-state index contributed by atoms with van der Waals surface area (Å²) in [4.78, 5) is 34.5. The van der Waals surface area contributed by atoms with Gasteiger partial charge in [-0.2, -0.15) is 0 Å². The molecule has 0 amide bonds. The normalized spacial score (nSPS) is 38.1. The fourth-order valence-corrected chi connectivity index (χ4v) is 5.30. The van der Waals surface area contributed by atoms with E-state index in [2.05, 4.69) is 15.0 Å². The topological polar surface area (TPSA) is 83.5 Å². The van der Waals surface area contributed by atoms with Crippen molar-refractivity contribution in [3.05, 3.63) is 27.2 Å². The first-order valence-corrected chi connectivity index (χ1v) is 7.40. The molecular formula is C14H16N4O2. The fraction of sp³-hybridized carbons (Fsp3) is 0.643. The molecule has 4 saturated carbocycles. The maximum atomic E-state index is 12.6. The van der Waals surface area contributed by atoms with E-state index >= 15 is 0 Å². The molecule has 6 nitrogen and oxygen atoms in total. The van der Waals surface area contributed by atoms with Gasteiger partial charge in [0.25, 0.3) is 5.56 Å². The van der Waals surface area contributed by atoms with Crippen molar-refractivity contribution in [1.82, 2.24) is 19.5 Å². The number of hydrogen-bond donors (Lipinski definition) is 2. The van der Waals surface area contributed by atoms with Crippen molar-refractivity contribution in [1.29, 1.82) is 0 Å². The quantitative estimate of drug-likeness (QED) is 0.813. The van der Waals surface area contributed by atoms with Crippen LogP contribution in [0.25, 0.3) is 11.2 Å². The molecule has 5 atom stereocenters. The molecule has 2 heterocycles. The third kappa shape index (κ3) is 1.18. The number of rotatable bonds is 1. The molecule has 0 spiro atoms. The van der Waals surface area contributed by atoms with Crippen molar-refractivity contribution < 1.29 is 0 Å². The van der Waals surface area contributed by atoms with Gasteiger partial charge in [-0.25, -0.2) is 9.78 Å². The molecule has 0 saturated heterocycles. The molecule has 104 valence electrons. The summed E-state index contributed by atoms with van der Waals surface area (Å²) in [6, 6.07) is 0.0997. The van der Waals surface area contributed by atoms with E-state index in [1.165, 1.54) is 36.6 Å². The van der Waals surface area contributed by atoms with Crippen molar-refractivity contribution in [2.45, 2.75) is 31.7 Å². The van der Waals surface area contributed by atoms with Crippen LogP contribution in [0, 0.1) is 23.7 Å². The summed E-state index contributed by atoms with van der Waals surface area (Å²) in [6.45, 7) is 0. The van der Waals surface area contributed by atoms with Crippen LogP contribution in [0.15, 0.2) is 15.9 Å². The Hall–Kier alpha value is -1.85. The highest BCUT2D eigenvalue weighted by Crippen LogP contribution is 2.62. The molecule has 2 aromatic rings. The maximum absolute atomic E-state index is 12.6. The number of aromatic amines is 2. The molecule has 4 bridgehead atoms. The average Bonchev–Trinajstić information content (AvgIpc) is 3.04. The van der Waals surface area contributed by atoms with E-state index < -0.39 is 0 Å². The summed E-state index contributed by atoms with van der Waals surface area (Å²) in [6.07, 6.45) is 6.33. The van der Waals surface area contributed by atoms with Crippen LogP contribution < -0.4 is 11.2 Å². The number of H-pyrrole nitrogens is 2. The zero-order valence-corrected chi connectivity index (χ0v) is 11.0. The standard InChI is InChI=1S/C14H16N4O2/c19-13-10-12(16-5-15-10)17-14(20)18(13)11-8-2-6-1-7(4-8)9(11)3-6/h5-9,11H,1-4H2,(H,15,16)(H,17,20). The summed E-state index contributed by atoms with van der Waals surface area (Å²) in [7, 11) is 0. The molecule has 6 heteroatoms. The molecule has 2 N–H and O–H groups in total. The molecule has 4 fully saturated rings. The minimum Gasteiger partial charge on any atom is -0.339 e. The van der Waals surface area contributed by atoms with Gasteiger partial charge < -0.3 is 4.98 Å². The molecule has 0 aliphatic heterocycles. The van der Waals surface area contributed by atoms with Crippen LogP contribution in [0.4, 0.5) is 0 Å². The van der Waals surface area contributed by atoms with E-state index in [0.717, 1.165) is 11.8 Å². The van der Waals surface area contributed by atoms with Gasteiger partial charge >= 0.3 is 5.69 Å². The molecular weight excluding hydrogens is 256 g/mol. The molecule has 0 radical (unpaired) electrons. The van der Waals surface area contributed by atoms with Crippen LogP contribution in [0.3, 0.4) is 0 Å². The highest BCUT2D eigenvalue weighted by Gasteiger charge is 2.55. The lowest BCUT2D eigenvalue weighted by Crippen LogP contribution is -2.42. The van der Waals surface area contributed by atoms with Gasteiger partial charge in [-0.3, -0.25) is 14.3 Å². The first-order chi connectivity index (χ1) is 9.72. The van der Waals surface area contributed by atoms with Gasteiger partial charge in [0.15, 0.2) is 5.65 Å². The Morgan fingerprint density at radius 1 is 1.15 bits per heavy atom. The minimum absolute atomic E-state index is 0.0997. The second kappa shape index (κ2) is 3.42. The van der Waals surface area contributed by atoms with E-state index in [-0.39, 0.29) is 17.3 Å². The summed E-state index contributed by atoms with van der Waals surface area (Å²) in [5, 5.41) is 0. The second-order valence-corrected chi connectivity index (χ2v) is 6.71. The van der Waals surface area contributed by atoms with Crippen LogP contribution in [0.1, 0.15) is 31.7 Å². The third-order valence-electron chi connectivity index (χ3n) is 5.82. The molecule has 4 aliphatic carbocycles. The number of nitrogens with one attached hydrogen (secondary N) is 2. The average molecular weight is 272 g/mol. The highest BCUT2D eigenvalue weighted by molar-refractivity contribution is 5.67. The van der Waals surface area contributed by atoms with Crippen molar-refractivity contribution >= 4 is 11.2 Å². The number of imidazole rings is 1. The van der Waals surface area contributed by atoms with Crippen LogP contribution in [-0.4, -0.2) is 19.5 Å². The first kappa shape index (κ1) is 10.9.